The van der Waals surface area contributed by atoms with Crippen molar-refractivity contribution < 1.29 is 0 Å². The van der Waals surface area contributed by atoms with Crippen LogP contribution in [0.15, 0.2) is 29.9 Å². The van der Waals surface area contributed by atoms with Crippen molar-refractivity contribution in [2.75, 3.05) is 5.73 Å². The fourth-order valence-corrected chi connectivity index (χ4v) is 2.13. The SMILES string of the molecule is [N-]=[N+]=N[C@@H]1C=CC(n2cnc3c(N)ncnc32)C1. The van der Waals surface area contributed by atoms with E-state index in [9.17, 15) is 0 Å². The van der Waals surface area contributed by atoms with Gasteiger partial charge in [0, 0.05) is 4.91 Å². The number of hydrogen-bond donors (Lipinski definition) is 1. The lowest BCUT2D eigenvalue weighted by Crippen LogP contribution is -2.07. The summed E-state index contributed by atoms with van der Waals surface area (Å²) >= 11 is 0. The molecule has 90 valence electrons. The van der Waals surface area contributed by atoms with Gasteiger partial charge in [0.25, 0.3) is 0 Å². The Kier molecular flexibility index (Phi) is 2.35. The van der Waals surface area contributed by atoms with Crippen molar-refractivity contribution in [3.05, 3.63) is 35.2 Å². The van der Waals surface area contributed by atoms with Gasteiger partial charge in [0.1, 0.15) is 11.8 Å². The maximum atomic E-state index is 8.42. The van der Waals surface area contributed by atoms with Crippen molar-refractivity contribution in [1.82, 2.24) is 19.5 Å². The van der Waals surface area contributed by atoms with Crippen LogP contribution in [-0.2, 0) is 0 Å². The summed E-state index contributed by atoms with van der Waals surface area (Å²) in [5, 5.41) is 3.68. The lowest BCUT2D eigenvalue weighted by molar-refractivity contribution is 0.568. The van der Waals surface area contributed by atoms with Crippen LogP contribution in [0, 0.1) is 0 Å². The third kappa shape index (κ3) is 1.56. The summed E-state index contributed by atoms with van der Waals surface area (Å²) < 4.78 is 1.91. The molecule has 2 aromatic rings. The second kappa shape index (κ2) is 4.01. The number of nitrogens with zero attached hydrogens (tertiary/aromatic N) is 7. The number of nitrogen functional groups attached to an aromatic ring is 1. The lowest BCUT2D eigenvalue weighted by Gasteiger charge is -2.11. The minimum absolute atomic E-state index is 0.0831. The molecule has 8 nitrogen and oxygen atoms in total. The summed E-state index contributed by atoms with van der Waals surface area (Å²) in [7, 11) is 0. The fourth-order valence-electron chi connectivity index (χ4n) is 2.13. The first-order valence-corrected chi connectivity index (χ1v) is 5.45. The number of nitrogens with two attached hydrogens (primary N) is 1. The third-order valence-corrected chi connectivity index (χ3v) is 2.98. The first-order valence-electron chi connectivity index (χ1n) is 5.45. The second-order valence-electron chi connectivity index (χ2n) is 4.04. The minimum atomic E-state index is -0.114. The van der Waals surface area contributed by atoms with E-state index in [4.69, 9.17) is 11.3 Å². The smallest absolute Gasteiger partial charge is 0.165 e. The third-order valence-electron chi connectivity index (χ3n) is 2.98. The largest absolute Gasteiger partial charge is 0.382 e. The number of fused-ring (bicyclic) bond motifs is 1. The molecule has 1 aliphatic rings. The summed E-state index contributed by atoms with van der Waals surface area (Å²) in [4.78, 5) is 15.1. The predicted molar refractivity (Wildman–Crippen MR) is 65.5 cm³/mol. The van der Waals surface area contributed by atoms with E-state index in [1.807, 2.05) is 16.7 Å². The van der Waals surface area contributed by atoms with E-state index in [0.29, 0.717) is 23.4 Å². The van der Waals surface area contributed by atoms with Crippen molar-refractivity contribution in [1.29, 1.82) is 0 Å². The normalized spacial score (nSPS) is 22.2. The highest BCUT2D eigenvalue weighted by Crippen LogP contribution is 2.28. The van der Waals surface area contributed by atoms with Crippen molar-refractivity contribution in [3.63, 3.8) is 0 Å². The highest BCUT2D eigenvalue weighted by Gasteiger charge is 2.21. The van der Waals surface area contributed by atoms with E-state index < -0.39 is 0 Å². The molecule has 1 aliphatic carbocycles. The highest BCUT2D eigenvalue weighted by molar-refractivity contribution is 5.81. The van der Waals surface area contributed by atoms with Gasteiger partial charge in [-0.1, -0.05) is 17.3 Å². The van der Waals surface area contributed by atoms with Crippen LogP contribution < -0.4 is 5.73 Å². The molecule has 0 radical (unpaired) electrons. The van der Waals surface area contributed by atoms with Gasteiger partial charge in [-0.15, -0.1) is 0 Å². The zero-order chi connectivity index (χ0) is 12.5. The Balaban J connectivity index is 1.99. The van der Waals surface area contributed by atoms with Gasteiger partial charge in [0.2, 0.25) is 0 Å². The number of allylic oxidation sites excluding steroid dienone is 1. The molecule has 3 rings (SSSR count). The van der Waals surface area contributed by atoms with Crippen molar-refractivity contribution >= 4 is 17.0 Å². The van der Waals surface area contributed by atoms with Gasteiger partial charge in [-0.2, -0.15) is 0 Å². The van der Waals surface area contributed by atoms with Crippen molar-refractivity contribution in [3.8, 4) is 0 Å². The Morgan fingerprint density at radius 1 is 1.39 bits per heavy atom. The van der Waals surface area contributed by atoms with E-state index in [2.05, 4.69) is 25.0 Å². The van der Waals surface area contributed by atoms with Crippen molar-refractivity contribution in [2.45, 2.75) is 18.5 Å². The number of azide groups is 1. The van der Waals surface area contributed by atoms with E-state index in [1.165, 1.54) is 6.33 Å². The van der Waals surface area contributed by atoms with E-state index >= 15 is 0 Å². The molecular weight excluding hydrogens is 232 g/mol. The summed E-state index contributed by atoms with van der Waals surface area (Å²) in [6.07, 6.45) is 7.68. The van der Waals surface area contributed by atoms with Crippen LogP contribution in [0.4, 0.5) is 5.82 Å². The van der Waals surface area contributed by atoms with Gasteiger partial charge in [-0.3, -0.25) is 0 Å². The van der Waals surface area contributed by atoms with Crippen LogP contribution in [0.2, 0.25) is 0 Å². The van der Waals surface area contributed by atoms with Crippen LogP contribution in [0.1, 0.15) is 12.5 Å². The Bertz CT molecular complexity index is 666. The molecule has 0 spiro atoms. The average Bonchev–Trinajstić information content (AvgIpc) is 2.96. The number of anilines is 1. The van der Waals surface area contributed by atoms with Crippen LogP contribution in [-0.4, -0.2) is 25.6 Å². The molecule has 18 heavy (non-hydrogen) atoms. The van der Waals surface area contributed by atoms with E-state index in [0.717, 1.165) is 0 Å². The monoisotopic (exact) mass is 242 g/mol. The van der Waals surface area contributed by atoms with Crippen LogP contribution in [0.3, 0.4) is 0 Å². The van der Waals surface area contributed by atoms with Crippen LogP contribution in [0.25, 0.3) is 21.6 Å². The Morgan fingerprint density at radius 2 is 2.28 bits per heavy atom. The molecule has 0 amide bonds. The minimum Gasteiger partial charge on any atom is -0.382 e. The van der Waals surface area contributed by atoms with E-state index in [1.54, 1.807) is 6.33 Å². The fraction of sp³-hybridized carbons (Fsp3) is 0.300. The van der Waals surface area contributed by atoms with Gasteiger partial charge in [-0.25, -0.2) is 15.0 Å². The quantitative estimate of drug-likeness (QED) is 0.372. The number of hydrogen-bond acceptors (Lipinski definition) is 5. The molecule has 0 aliphatic heterocycles. The molecule has 0 saturated carbocycles. The maximum absolute atomic E-state index is 8.42. The van der Waals surface area contributed by atoms with Crippen LogP contribution in [0.5, 0.6) is 0 Å². The predicted octanol–water partition coefficient (Wildman–Crippen LogP) is 1.59. The topological polar surface area (TPSA) is 118 Å². The summed E-state index contributed by atoms with van der Waals surface area (Å²) in [6.45, 7) is 0. The highest BCUT2D eigenvalue weighted by atomic mass is 15.2. The molecule has 0 bridgehead atoms. The van der Waals surface area contributed by atoms with Gasteiger partial charge in [-0.05, 0) is 12.0 Å². The first kappa shape index (κ1) is 10.5. The molecule has 2 aromatic heterocycles. The molecule has 2 atom stereocenters. The molecule has 2 N–H and O–H groups in total. The Labute approximate surface area is 102 Å². The molecule has 1 unspecified atom stereocenters. The first-order chi connectivity index (χ1) is 8.79. The van der Waals surface area contributed by atoms with Gasteiger partial charge in [0.15, 0.2) is 11.5 Å². The summed E-state index contributed by atoms with van der Waals surface area (Å²) in [6, 6.07) is -0.0311. The molecule has 2 heterocycles. The molecular formula is C10H10N8. The van der Waals surface area contributed by atoms with Gasteiger partial charge >= 0.3 is 0 Å². The van der Waals surface area contributed by atoms with E-state index in [-0.39, 0.29) is 12.1 Å². The number of imidazole rings is 1. The zero-order valence-corrected chi connectivity index (χ0v) is 9.38. The van der Waals surface area contributed by atoms with Gasteiger partial charge in [0.05, 0.1) is 18.4 Å². The van der Waals surface area contributed by atoms with Crippen LogP contribution >= 0.6 is 0 Å². The second-order valence-corrected chi connectivity index (χ2v) is 4.04. The number of rotatable bonds is 2. The summed E-state index contributed by atoms with van der Waals surface area (Å²) in [5.41, 5.74) is 15.4. The maximum Gasteiger partial charge on any atom is 0.165 e. The molecule has 0 saturated heterocycles. The molecule has 0 fully saturated rings. The summed E-state index contributed by atoms with van der Waals surface area (Å²) in [5.74, 6) is 0.368. The lowest BCUT2D eigenvalue weighted by atomic mass is 10.2. The zero-order valence-electron chi connectivity index (χ0n) is 9.38. The average molecular weight is 242 g/mol. The van der Waals surface area contributed by atoms with Gasteiger partial charge < -0.3 is 10.3 Å². The number of aromatic nitrogens is 4. The van der Waals surface area contributed by atoms with Crippen molar-refractivity contribution in [2.24, 2.45) is 5.11 Å². The molecule has 0 aromatic carbocycles. The molecule has 8 heteroatoms. The Hall–Kier alpha value is -2.60. The standard InChI is InChI=1S/C10H10N8/c11-9-8-10(14-4-13-9)18(5-15-8)7-2-1-6(3-7)16-17-12/h1-2,4-7H,3H2,(H2,11,13,14)/t6-,7?/m1/s1. The Morgan fingerprint density at radius 3 is 3.11 bits per heavy atom.